The lowest BCUT2D eigenvalue weighted by Gasteiger charge is -2.04. The molecule has 2 aromatic rings. The van der Waals surface area contributed by atoms with Crippen LogP contribution in [0.5, 0.6) is 0 Å². The van der Waals surface area contributed by atoms with Gasteiger partial charge in [-0.3, -0.25) is 4.98 Å². The summed E-state index contributed by atoms with van der Waals surface area (Å²) in [6.07, 6.45) is 4.65. The maximum absolute atomic E-state index is 5.64. The minimum Gasteiger partial charge on any atom is -0.327 e. The molecule has 2 heterocycles. The minimum absolute atomic E-state index is 0.481. The molecule has 4 heteroatoms. The Morgan fingerprint density at radius 3 is 3.07 bits per heavy atom. The van der Waals surface area contributed by atoms with Gasteiger partial charge in [-0.25, -0.2) is 4.98 Å². The molecule has 0 amide bonds. The van der Waals surface area contributed by atoms with E-state index in [0.717, 1.165) is 29.8 Å². The molecule has 2 rings (SSSR count). The van der Waals surface area contributed by atoms with Crippen LogP contribution in [0.2, 0.25) is 0 Å². The van der Waals surface area contributed by atoms with Crippen LogP contribution < -0.4 is 5.73 Å². The molecule has 0 aliphatic rings. The lowest BCUT2D eigenvalue weighted by molar-refractivity contribution is 0.655. The fraction of sp³-hybridized carbons (Fsp3) is 0.400. The number of nitrogens with zero attached hydrogens (tertiary/aromatic N) is 3. The molecule has 0 aliphatic carbocycles. The molecular formula is C10H14N4. The van der Waals surface area contributed by atoms with Gasteiger partial charge in [-0.1, -0.05) is 6.92 Å². The molecule has 2 N–H and O–H groups in total. The summed E-state index contributed by atoms with van der Waals surface area (Å²) in [4.78, 5) is 8.47. The van der Waals surface area contributed by atoms with Crippen molar-refractivity contribution in [3.05, 3.63) is 24.3 Å². The van der Waals surface area contributed by atoms with Gasteiger partial charge in [-0.05, 0) is 12.5 Å². The fourth-order valence-corrected chi connectivity index (χ4v) is 1.66. The number of aryl methyl sites for hydroxylation is 1. The number of hydrogen-bond acceptors (Lipinski definition) is 3. The summed E-state index contributed by atoms with van der Waals surface area (Å²) in [7, 11) is 0. The number of pyridine rings is 1. The molecule has 2 aromatic heterocycles. The third-order valence-corrected chi connectivity index (χ3v) is 2.26. The third-order valence-electron chi connectivity index (χ3n) is 2.26. The van der Waals surface area contributed by atoms with Crippen LogP contribution in [-0.2, 0) is 13.1 Å². The van der Waals surface area contributed by atoms with E-state index in [4.69, 9.17) is 5.73 Å². The second-order valence-electron chi connectivity index (χ2n) is 3.25. The quantitative estimate of drug-likeness (QED) is 0.793. The Morgan fingerprint density at radius 1 is 1.50 bits per heavy atom. The Morgan fingerprint density at radius 2 is 2.36 bits per heavy atom. The van der Waals surface area contributed by atoms with Crippen molar-refractivity contribution < 1.29 is 0 Å². The number of rotatable bonds is 3. The molecule has 0 radical (unpaired) electrons. The highest BCUT2D eigenvalue weighted by molar-refractivity contribution is 5.74. The first-order chi connectivity index (χ1) is 6.86. The third kappa shape index (κ3) is 1.37. The first kappa shape index (κ1) is 9.15. The van der Waals surface area contributed by atoms with Crippen molar-refractivity contribution in [3.8, 4) is 0 Å². The summed E-state index contributed by atoms with van der Waals surface area (Å²) < 4.78 is 2.16. The largest absolute Gasteiger partial charge is 0.327 e. The predicted molar refractivity (Wildman–Crippen MR) is 55.7 cm³/mol. The first-order valence-corrected chi connectivity index (χ1v) is 4.86. The van der Waals surface area contributed by atoms with Crippen LogP contribution in [0.4, 0.5) is 0 Å². The summed E-state index contributed by atoms with van der Waals surface area (Å²) in [5.41, 5.74) is 7.70. The molecular weight excluding hydrogens is 176 g/mol. The summed E-state index contributed by atoms with van der Waals surface area (Å²) in [5, 5.41) is 0. The molecule has 0 atom stereocenters. The van der Waals surface area contributed by atoms with Gasteiger partial charge >= 0.3 is 0 Å². The maximum atomic E-state index is 5.64. The zero-order chi connectivity index (χ0) is 9.97. The average Bonchev–Trinajstić information content (AvgIpc) is 2.58. The van der Waals surface area contributed by atoms with Crippen molar-refractivity contribution in [2.45, 2.75) is 26.4 Å². The second-order valence-corrected chi connectivity index (χ2v) is 3.25. The summed E-state index contributed by atoms with van der Waals surface area (Å²) in [6, 6.07) is 1.98. The lowest BCUT2D eigenvalue weighted by Crippen LogP contribution is -2.08. The standard InChI is InChI=1S/C10H14N4/c1-2-5-14-9-3-4-12-7-8(9)13-10(14)6-11/h3-4,7H,2,5-6,11H2,1H3. The topological polar surface area (TPSA) is 56.7 Å². The second kappa shape index (κ2) is 3.75. The van der Waals surface area contributed by atoms with Crippen molar-refractivity contribution in [2.24, 2.45) is 5.73 Å². The number of imidazole rings is 1. The molecule has 0 fully saturated rings. The monoisotopic (exact) mass is 190 g/mol. The molecule has 0 saturated carbocycles. The van der Waals surface area contributed by atoms with E-state index in [0.29, 0.717) is 6.54 Å². The van der Waals surface area contributed by atoms with E-state index in [-0.39, 0.29) is 0 Å². The van der Waals surface area contributed by atoms with Crippen LogP contribution in [-0.4, -0.2) is 14.5 Å². The fourth-order valence-electron chi connectivity index (χ4n) is 1.66. The number of nitrogens with two attached hydrogens (primary N) is 1. The number of fused-ring (bicyclic) bond motifs is 1. The Bertz CT molecular complexity index is 433. The summed E-state index contributed by atoms with van der Waals surface area (Å²) in [6.45, 7) is 3.59. The minimum atomic E-state index is 0.481. The average molecular weight is 190 g/mol. The van der Waals surface area contributed by atoms with Gasteiger partial charge in [0, 0.05) is 12.7 Å². The lowest BCUT2D eigenvalue weighted by atomic mass is 10.4. The highest BCUT2D eigenvalue weighted by atomic mass is 15.1. The normalized spacial score (nSPS) is 11.0. The number of aromatic nitrogens is 3. The van der Waals surface area contributed by atoms with Crippen LogP contribution in [0, 0.1) is 0 Å². The molecule has 0 aliphatic heterocycles. The van der Waals surface area contributed by atoms with Crippen molar-refractivity contribution >= 4 is 11.0 Å². The molecule has 14 heavy (non-hydrogen) atoms. The van der Waals surface area contributed by atoms with E-state index in [1.807, 2.05) is 6.07 Å². The molecule has 0 unspecified atom stereocenters. The zero-order valence-corrected chi connectivity index (χ0v) is 8.27. The molecule has 0 saturated heterocycles. The van der Waals surface area contributed by atoms with Gasteiger partial charge in [0.05, 0.1) is 18.3 Å². The Kier molecular flexibility index (Phi) is 2.45. The van der Waals surface area contributed by atoms with E-state index in [9.17, 15) is 0 Å². The predicted octanol–water partition coefficient (Wildman–Crippen LogP) is 1.30. The van der Waals surface area contributed by atoms with Crippen LogP contribution >= 0.6 is 0 Å². The van der Waals surface area contributed by atoms with Gasteiger partial charge in [0.2, 0.25) is 0 Å². The smallest absolute Gasteiger partial charge is 0.123 e. The van der Waals surface area contributed by atoms with Crippen molar-refractivity contribution in [1.82, 2.24) is 14.5 Å². The summed E-state index contributed by atoms with van der Waals surface area (Å²) in [5.74, 6) is 0.940. The van der Waals surface area contributed by atoms with Crippen molar-refractivity contribution in [2.75, 3.05) is 0 Å². The number of hydrogen-bond donors (Lipinski definition) is 1. The van der Waals surface area contributed by atoms with Gasteiger partial charge in [-0.2, -0.15) is 0 Å². The van der Waals surface area contributed by atoms with E-state index in [1.54, 1.807) is 12.4 Å². The molecule has 0 bridgehead atoms. The van der Waals surface area contributed by atoms with Gasteiger partial charge < -0.3 is 10.3 Å². The highest BCUT2D eigenvalue weighted by Gasteiger charge is 2.07. The Labute approximate surface area is 82.8 Å². The maximum Gasteiger partial charge on any atom is 0.123 e. The van der Waals surface area contributed by atoms with E-state index >= 15 is 0 Å². The zero-order valence-electron chi connectivity index (χ0n) is 8.27. The Balaban J connectivity index is 2.61. The molecule has 4 nitrogen and oxygen atoms in total. The molecule has 74 valence electrons. The van der Waals surface area contributed by atoms with Gasteiger partial charge in [0.25, 0.3) is 0 Å². The van der Waals surface area contributed by atoms with Crippen LogP contribution in [0.25, 0.3) is 11.0 Å². The molecule has 0 spiro atoms. The van der Waals surface area contributed by atoms with Crippen LogP contribution in [0.1, 0.15) is 19.2 Å². The van der Waals surface area contributed by atoms with E-state index < -0.39 is 0 Å². The van der Waals surface area contributed by atoms with Crippen LogP contribution in [0.15, 0.2) is 18.5 Å². The van der Waals surface area contributed by atoms with Gasteiger partial charge in [0.1, 0.15) is 11.3 Å². The summed E-state index contributed by atoms with van der Waals surface area (Å²) >= 11 is 0. The van der Waals surface area contributed by atoms with Crippen molar-refractivity contribution in [1.29, 1.82) is 0 Å². The first-order valence-electron chi connectivity index (χ1n) is 4.86. The van der Waals surface area contributed by atoms with Crippen LogP contribution in [0.3, 0.4) is 0 Å². The highest BCUT2D eigenvalue weighted by Crippen LogP contribution is 2.14. The van der Waals surface area contributed by atoms with E-state index in [2.05, 4.69) is 21.5 Å². The Hall–Kier alpha value is -1.42. The van der Waals surface area contributed by atoms with Gasteiger partial charge in [-0.15, -0.1) is 0 Å². The van der Waals surface area contributed by atoms with Crippen molar-refractivity contribution in [3.63, 3.8) is 0 Å². The van der Waals surface area contributed by atoms with E-state index in [1.165, 1.54) is 0 Å². The SMILES string of the molecule is CCCn1c(CN)nc2cnccc21. The molecule has 0 aromatic carbocycles. The van der Waals surface area contributed by atoms with Gasteiger partial charge in [0.15, 0.2) is 0 Å².